The fraction of sp³-hybridized carbons (Fsp3) is 0.294. The zero-order valence-electron chi connectivity index (χ0n) is 11.8. The van der Waals surface area contributed by atoms with Crippen molar-refractivity contribution in [3.05, 3.63) is 60.2 Å². The molecule has 0 spiro atoms. The van der Waals surface area contributed by atoms with E-state index in [4.69, 9.17) is 0 Å². The average Bonchev–Trinajstić information content (AvgIpc) is 2.46. The van der Waals surface area contributed by atoms with Crippen molar-refractivity contribution in [3.63, 3.8) is 0 Å². The van der Waals surface area contributed by atoms with E-state index >= 15 is 0 Å². The van der Waals surface area contributed by atoms with Crippen LogP contribution in [0.2, 0.25) is 0 Å². The van der Waals surface area contributed by atoms with E-state index in [1.807, 2.05) is 42.5 Å². The van der Waals surface area contributed by atoms with E-state index in [0.717, 1.165) is 17.8 Å². The lowest BCUT2D eigenvalue weighted by molar-refractivity contribution is 0.506. The molecule has 0 heterocycles. The fourth-order valence-electron chi connectivity index (χ4n) is 1.80. The molecule has 0 radical (unpaired) electrons. The quantitative estimate of drug-likeness (QED) is 0.615. The second-order valence-electron chi connectivity index (χ2n) is 5.32. The summed E-state index contributed by atoms with van der Waals surface area (Å²) in [6.07, 6.45) is 1.10. The first-order valence-electron chi connectivity index (χ1n) is 6.69. The van der Waals surface area contributed by atoms with Gasteiger partial charge in [-0.2, -0.15) is 10.2 Å². The van der Waals surface area contributed by atoms with Crippen molar-refractivity contribution in [1.29, 1.82) is 0 Å². The van der Waals surface area contributed by atoms with Gasteiger partial charge in [0, 0.05) is 0 Å². The molecule has 2 rings (SSSR count). The van der Waals surface area contributed by atoms with Gasteiger partial charge in [0.2, 0.25) is 0 Å². The SMILES string of the molecule is CCC(C)(C)c1cccc(/N=N/c2ccccc2)c1. The monoisotopic (exact) mass is 252 g/mol. The number of nitrogens with zero attached hydrogens (tertiary/aromatic N) is 2. The van der Waals surface area contributed by atoms with E-state index in [9.17, 15) is 0 Å². The van der Waals surface area contributed by atoms with Crippen LogP contribution in [0, 0.1) is 0 Å². The van der Waals surface area contributed by atoms with Crippen LogP contribution in [0.3, 0.4) is 0 Å². The minimum atomic E-state index is 0.179. The Bertz CT molecular complexity index is 556. The number of hydrogen-bond acceptors (Lipinski definition) is 2. The zero-order chi connectivity index (χ0) is 13.7. The molecular formula is C17H20N2. The third kappa shape index (κ3) is 3.50. The van der Waals surface area contributed by atoms with Crippen LogP contribution in [0.5, 0.6) is 0 Å². The third-order valence-electron chi connectivity index (χ3n) is 3.55. The molecule has 0 aliphatic rings. The molecule has 2 nitrogen and oxygen atoms in total. The van der Waals surface area contributed by atoms with Crippen molar-refractivity contribution >= 4 is 11.4 Å². The van der Waals surface area contributed by atoms with E-state index in [0.29, 0.717) is 0 Å². The first kappa shape index (κ1) is 13.5. The summed E-state index contributed by atoms with van der Waals surface area (Å²) in [7, 11) is 0. The molecule has 0 fully saturated rings. The zero-order valence-corrected chi connectivity index (χ0v) is 11.8. The van der Waals surface area contributed by atoms with Crippen LogP contribution in [-0.2, 0) is 5.41 Å². The van der Waals surface area contributed by atoms with Crippen molar-refractivity contribution in [2.24, 2.45) is 10.2 Å². The predicted molar refractivity (Wildman–Crippen MR) is 80.4 cm³/mol. The first-order chi connectivity index (χ1) is 9.12. The van der Waals surface area contributed by atoms with Crippen molar-refractivity contribution in [1.82, 2.24) is 0 Å². The topological polar surface area (TPSA) is 24.7 Å². The van der Waals surface area contributed by atoms with Gasteiger partial charge in [0.25, 0.3) is 0 Å². The van der Waals surface area contributed by atoms with E-state index in [2.05, 4.69) is 43.1 Å². The molecule has 98 valence electrons. The molecule has 0 N–H and O–H groups in total. The van der Waals surface area contributed by atoms with Gasteiger partial charge in [-0.25, -0.2) is 0 Å². The lowest BCUT2D eigenvalue weighted by Gasteiger charge is -2.23. The maximum Gasteiger partial charge on any atom is 0.0860 e. The Morgan fingerprint density at radius 1 is 0.842 bits per heavy atom. The first-order valence-corrected chi connectivity index (χ1v) is 6.69. The summed E-state index contributed by atoms with van der Waals surface area (Å²) >= 11 is 0. The van der Waals surface area contributed by atoms with Gasteiger partial charge in [-0.05, 0) is 41.7 Å². The number of azo groups is 1. The van der Waals surface area contributed by atoms with Gasteiger partial charge >= 0.3 is 0 Å². The van der Waals surface area contributed by atoms with Gasteiger partial charge in [0.15, 0.2) is 0 Å². The van der Waals surface area contributed by atoms with Gasteiger partial charge in [-0.15, -0.1) is 0 Å². The van der Waals surface area contributed by atoms with Crippen molar-refractivity contribution in [2.75, 3.05) is 0 Å². The van der Waals surface area contributed by atoms with Gasteiger partial charge in [0.1, 0.15) is 0 Å². The molecule has 0 aliphatic carbocycles. The molecule has 19 heavy (non-hydrogen) atoms. The summed E-state index contributed by atoms with van der Waals surface area (Å²) < 4.78 is 0. The molecule has 0 saturated carbocycles. The van der Waals surface area contributed by atoms with Crippen LogP contribution in [0.4, 0.5) is 11.4 Å². The third-order valence-corrected chi connectivity index (χ3v) is 3.55. The molecule has 2 heteroatoms. The second-order valence-corrected chi connectivity index (χ2v) is 5.32. The van der Waals surface area contributed by atoms with Gasteiger partial charge in [0.05, 0.1) is 11.4 Å². The molecule has 0 aliphatic heterocycles. The van der Waals surface area contributed by atoms with Crippen LogP contribution < -0.4 is 0 Å². The van der Waals surface area contributed by atoms with E-state index < -0.39 is 0 Å². The number of benzene rings is 2. The highest BCUT2D eigenvalue weighted by atomic mass is 15.1. The molecule has 2 aromatic carbocycles. The fourth-order valence-corrected chi connectivity index (χ4v) is 1.80. The molecule has 0 saturated heterocycles. The molecule has 2 aromatic rings. The largest absolute Gasteiger partial charge is 0.151 e. The number of hydrogen-bond donors (Lipinski definition) is 0. The summed E-state index contributed by atoms with van der Waals surface area (Å²) in [4.78, 5) is 0. The lowest BCUT2D eigenvalue weighted by atomic mass is 9.82. The molecule has 0 amide bonds. The highest BCUT2D eigenvalue weighted by Gasteiger charge is 2.17. The standard InChI is InChI=1S/C17H20N2/c1-4-17(2,3)14-9-8-12-16(13-14)19-18-15-10-6-5-7-11-15/h5-13H,4H2,1-3H3/b19-18+. The van der Waals surface area contributed by atoms with Crippen molar-refractivity contribution in [3.8, 4) is 0 Å². The summed E-state index contributed by atoms with van der Waals surface area (Å²) in [5.74, 6) is 0. The molecule has 0 unspecified atom stereocenters. The minimum absolute atomic E-state index is 0.179. The molecule has 0 atom stereocenters. The van der Waals surface area contributed by atoms with Gasteiger partial charge in [-0.3, -0.25) is 0 Å². The molecule has 0 bridgehead atoms. The highest BCUT2D eigenvalue weighted by Crippen LogP contribution is 2.29. The van der Waals surface area contributed by atoms with Gasteiger partial charge < -0.3 is 0 Å². The Hall–Kier alpha value is -1.96. The Morgan fingerprint density at radius 2 is 1.47 bits per heavy atom. The summed E-state index contributed by atoms with van der Waals surface area (Å²) in [6, 6.07) is 18.1. The minimum Gasteiger partial charge on any atom is -0.151 e. The van der Waals surface area contributed by atoms with E-state index in [-0.39, 0.29) is 5.41 Å². The molecule has 0 aromatic heterocycles. The number of rotatable bonds is 4. The van der Waals surface area contributed by atoms with Crippen molar-refractivity contribution < 1.29 is 0 Å². The molecular weight excluding hydrogens is 232 g/mol. The Kier molecular flexibility index (Phi) is 4.10. The normalized spacial score (nSPS) is 11.9. The van der Waals surface area contributed by atoms with Gasteiger partial charge in [-0.1, -0.05) is 51.1 Å². The van der Waals surface area contributed by atoms with Crippen LogP contribution in [0.25, 0.3) is 0 Å². The van der Waals surface area contributed by atoms with E-state index in [1.54, 1.807) is 0 Å². The Balaban J connectivity index is 2.23. The summed E-state index contributed by atoms with van der Waals surface area (Å²) in [5, 5.41) is 8.56. The van der Waals surface area contributed by atoms with Crippen LogP contribution in [0.1, 0.15) is 32.8 Å². The average molecular weight is 252 g/mol. The van der Waals surface area contributed by atoms with Crippen LogP contribution in [0.15, 0.2) is 64.8 Å². The summed E-state index contributed by atoms with van der Waals surface area (Å²) in [6.45, 7) is 6.71. The summed E-state index contributed by atoms with van der Waals surface area (Å²) in [5.41, 5.74) is 3.27. The highest BCUT2D eigenvalue weighted by molar-refractivity contribution is 5.43. The van der Waals surface area contributed by atoms with Crippen LogP contribution >= 0.6 is 0 Å². The maximum absolute atomic E-state index is 4.31. The maximum atomic E-state index is 4.31. The van der Waals surface area contributed by atoms with Crippen LogP contribution in [-0.4, -0.2) is 0 Å². The second kappa shape index (κ2) is 5.79. The van der Waals surface area contributed by atoms with Crippen molar-refractivity contribution in [2.45, 2.75) is 32.6 Å². The lowest BCUT2D eigenvalue weighted by Crippen LogP contribution is -2.14. The Labute approximate surface area is 115 Å². The predicted octanol–water partition coefficient (Wildman–Crippen LogP) is 5.79. The van der Waals surface area contributed by atoms with E-state index in [1.165, 1.54) is 5.56 Å². The Morgan fingerprint density at radius 3 is 2.16 bits per heavy atom. The smallest absolute Gasteiger partial charge is 0.0860 e.